The number of carboxylic acids is 1. The van der Waals surface area contributed by atoms with Crippen LogP contribution in [0.15, 0.2) is 47.5 Å². The van der Waals surface area contributed by atoms with Crippen molar-refractivity contribution in [1.29, 1.82) is 0 Å². The summed E-state index contributed by atoms with van der Waals surface area (Å²) in [5.41, 5.74) is 2.48. The molecule has 3 aromatic rings. The lowest BCUT2D eigenvalue weighted by Gasteiger charge is -2.10. The third-order valence-electron chi connectivity index (χ3n) is 3.56. The Morgan fingerprint density at radius 2 is 1.77 bits per heavy atom. The summed E-state index contributed by atoms with van der Waals surface area (Å²) < 4.78 is 1.28. The molecule has 1 N–H and O–H groups in total. The van der Waals surface area contributed by atoms with Crippen LogP contribution in [0.5, 0.6) is 0 Å². The summed E-state index contributed by atoms with van der Waals surface area (Å²) in [6, 6.07) is 10.4. The molecule has 0 aliphatic heterocycles. The van der Waals surface area contributed by atoms with Crippen LogP contribution >= 0.6 is 0 Å². The molecule has 0 unspecified atom stereocenters. The zero-order valence-electron chi connectivity index (χ0n) is 12.2. The van der Waals surface area contributed by atoms with Crippen molar-refractivity contribution < 1.29 is 9.90 Å². The number of fused-ring (bicyclic) bond motifs is 1. The maximum Gasteiger partial charge on any atom is 0.337 e. The van der Waals surface area contributed by atoms with Gasteiger partial charge in [0, 0.05) is 0 Å². The lowest BCUT2D eigenvalue weighted by atomic mass is 10.1. The Morgan fingerprint density at radius 3 is 2.50 bits per heavy atom. The van der Waals surface area contributed by atoms with Crippen molar-refractivity contribution in [3.8, 4) is 5.69 Å². The quantitative estimate of drug-likeness (QED) is 0.788. The summed E-state index contributed by atoms with van der Waals surface area (Å²) >= 11 is 0. The third kappa shape index (κ3) is 2.26. The van der Waals surface area contributed by atoms with E-state index in [0.29, 0.717) is 16.6 Å². The van der Waals surface area contributed by atoms with Crippen LogP contribution in [-0.4, -0.2) is 20.6 Å². The van der Waals surface area contributed by atoms with Gasteiger partial charge in [-0.3, -0.25) is 9.36 Å². The van der Waals surface area contributed by atoms with Gasteiger partial charge in [-0.05, 0) is 38.1 Å². The molecule has 0 bridgehead atoms. The van der Waals surface area contributed by atoms with Crippen LogP contribution in [0.25, 0.3) is 16.6 Å². The molecule has 0 saturated carbocycles. The number of hydrogen-bond acceptors (Lipinski definition) is 3. The number of aryl methyl sites for hydroxylation is 2. The van der Waals surface area contributed by atoms with E-state index in [4.69, 9.17) is 0 Å². The predicted molar refractivity (Wildman–Crippen MR) is 83.8 cm³/mol. The van der Waals surface area contributed by atoms with Gasteiger partial charge in [0.15, 0.2) is 0 Å². The minimum absolute atomic E-state index is 0.0795. The zero-order valence-corrected chi connectivity index (χ0v) is 12.2. The van der Waals surface area contributed by atoms with Crippen molar-refractivity contribution >= 4 is 16.9 Å². The summed E-state index contributed by atoms with van der Waals surface area (Å²) in [6.45, 7) is 3.70. The normalized spacial score (nSPS) is 10.8. The van der Waals surface area contributed by atoms with Crippen molar-refractivity contribution in [2.75, 3.05) is 0 Å². The molecule has 1 aromatic heterocycles. The molecule has 2 aromatic carbocycles. The summed E-state index contributed by atoms with van der Waals surface area (Å²) in [7, 11) is 0. The van der Waals surface area contributed by atoms with Gasteiger partial charge in [0.05, 0.1) is 22.2 Å². The molecule has 0 radical (unpaired) electrons. The van der Waals surface area contributed by atoms with Gasteiger partial charge in [-0.15, -0.1) is 0 Å². The van der Waals surface area contributed by atoms with E-state index in [-0.39, 0.29) is 11.1 Å². The van der Waals surface area contributed by atoms with E-state index in [1.165, 1.54) is 10.9 Å². The van der Waals surface area contributed by atoms with E-state index in [1.807, 2.05) is 13.0 Å². The fourth-order valence-electron chi connectivity index (χ4n) is 2.44. The van der Waals surface area contributed by atoms with E-state index in [2.05, 4.69) is 4.98 Å². The Kier molecular flexibility index (Phi) is 3.25. The summed E-state index contributed by atoms with van der Waals surface area (Å²) in [6.07, 6.45) is 1.37. The molecule has 1 heterocycles. The molecule has 22 heavy (non-hydrogen) atoms. The Hall–Kier alpha value is -2.95. The average Bonchev–Trinajstić information content (AvgIpc) is 2.48. The first-order valence-electron chi connectivity index (χ1n) is 6.80. The monoisotopic (exact) mass is 294 g/mol. The molecule has 5 nitrogen and oxygen atoms in total. The van der Waals surface area contributed by atoms with Gasteiger partial charge < -0.3 is 5.11 Å². The first-order chi connectivity index (χ1) is 10.5. The third-order valence-corrected chi connectivity index (χ3v) is 3.56. The van der Waals surface area contributed by atoms with E-state index >= 15 is 0 Å². The van der Waals surface area contributed by atoms with Crippen molar-refractivity contribution in [2.24, 2.45) is 0 Å². The van der Waals surface area contributed by atoms with Crippen LogP contribution in [0.2, 0.25) is 0 Å². The molecule has 0 aliphatic rings. The molecule has 3 rings (SSSR count). The van der Waals surface area contributed by atoms with Crippen molar-refractivity contribution in [3.63, 3.8) is 0 Å². The summed E-state index contributed by atoms with van der Waals surface area (Å²) in [5.74, 6) is -1.07. The van der Waals surface area contributed by atoms with E-state index < -0.39 is 5.97 Å². The number of carbonyl (C=O) groups is 1. The number of aromatic nitrogens is 2. The predicted octanol–water partition coefficient (Wildman–Crippen LogP) is 2.70. The first-order valence-corrected chi connectivity index (χ1v) is 6.80. The van der Waals surface area contributed by atoms with Crippen LogP contribution in [0.1, 0.15) is 21.5 Å². The van der Waals surface area contributed by atoms with Gasteiger partial charge in [-0.1, -0.05) is 23.3 Å². The van der Waals surface area contributed by atoms with Gasteiger partial charge in [-0.25, -0.2) is 9.78 Å². The zero-order chi connectivity index (χ0) is 15.9. The van der Waals surface area contributed by atoms with E-state index in [0.717, 1.165) is 11.1 Å². The summed E-state index contributed by atoms with van der Waals surface area (Å²) in [4.78, 5) is 28.4. The number of benzene rings is 2. The van der Waals surface area contributed by atoms with Crippen LogP contribution in [0.3, 0.4) is 0 Å². The highest BCUT2D eigenvalue weighted by molar-refractivity contribution is 5.92. The fourth-order valence-corrected chi connectivity index (χ4v) is 2.44. The second kappa shape index (κ2) is 5.11. The highest BCUT2D eigenvalue weighted by Gasteiger charge is 2.14. The van der Waals surface area contributed by atoms with Gasteiger partial charge >= 0.3 is 5.97 Å². The molecular weight excluding hydrogens is 280 g/mol. The molecule has 0 spiro atoms. The molecule has 110 valence electrons. The molecule has 0 atom stereocenters. The molecule has 0 saturated heterocycles. The minimum atomic E-state index is -1.07. The van der Waals surface area contributed by atoms with Gasteiger partial charge in [-0.2, -0.15) is 0 Å². The maximum absolute atomic E-state index is 12.7. The highest BCUT2D eigenvalue weighted by Crippen LogP contribution is 2.17. The lowest BCUT2D eigenvalue weighted by Crippen LogP contribution is -2.21. The van der Waals surface area contributed by atoms with Crippen LogP contribution in [-0.2, 0) is 0 Å². The number of aromatic carboxylic acids is 1. The molecule has 0 amide bonds. The molecule has 0 fully saturated rings. The van der Waals surface area contributed by atoms with Gasteiger partial charge in [0.25, 0.3) is 5.56 Å². The first kappa shape index (κ1) is 14.0. The van der Waals surface area contributed by atoms with Crippen LogP contribution < -0.4 is 5.56 Å². The number of hydrogen-bond donors (Lipinski definition) is 1. The number of nitrogens with zero attached hydrogens (tertiary/aromatic N) is 2. The second-order valence-electron chi connectivity index (χ2n) is 5.27. The Bertz CT molecular complexity index is 958. The smallest absolute Gasteiger partial charge is 0.337 e. The van der Waals surface area contributed by atoms with E-state index in [9.17, 15) is 14.7 Å². The van der Waals surface area contributed by atoms with E-state index in [1.54, 1.807) is 37.3 Å². The Balaban J connectivity index is 2.34. The molecular formula is C17H14N2O3. The van der Waals surface area contributed by atoms with Crippen LogP contribution in [0, 0.1) is 13.8 Å². The Labute approximate surface area is 126 Å². The van der Waals surface area contributed by atoms with Crippen molar-refractivity contribution in [1.82, 2.24) is 9.55 Å². The maximum atomic E-state index is 12.7. The minimum Gasteiger partial charge on any atom is -0.478 e. The number of carboxylic acid groups (broad SMARTS) is 1. The molecule has 5 heteroatoms. The van der Waals surface area contributed by atoms with Gasteiger partial charge in [0.1, 0.15) is 6.33 Å². The Morgan fingerprint density at radius 1 is 1.09 bits per heavy atom. The summed E-state index contributed by atoms with van der Waals surface area (Å²) in [5, 5.41) is 9.84. The standard InChI is InChI=1S/C17H14N2O3/c1-10-3-5-14-12(7-10)16(20)19(9-18-14)15-6-4-11(2)8-13(15)17(21)22/h3-9H,1-2H3,(H,21,22). The van der Waals surface area contributed by atoms with Gasteiger partial charge in [0.2, 0.25) is 0 Å². The average molecular weight is 294 g/mol. The largest absolute Gasteiger partial charge is 0.478 e. The fraction of sp³-hybridized carbons (Fsp3) is 0.118. The number of rotatable bonds is 2. The topological polar surface area (TPSA) is 72.2 Å². The van der Waals surface area contributed by atoms with Crippen LogP contribution in [0.4, 0.5) is 0 Å². The molecule has 0 aliphatic carbocycles. The van der Waals surface area contributed by atoms with Crippen molar-refractivity contribution in [2.45, 2.75) is 13.8 Å². The highest BCUT2D eigenvalue weighted by atomic mass is 16.4. The second-order valence-corrected chi connectivity index (χ2v) is 5.27. The SMILES string of the molecule is Cc1ccc(-n2cnc3ccc(C)cc3c2=O)c(C(=O)O)c1. The lowest BCUT2D eigenvalue weighted by molar-refractivity contribution is 0.0697. The van der Waals surface area contributed by atoms with Crippen molar-refractivity contribution in [3.05, 3.63) is 69.8 Å².